The van der Waals surface area contributed by atoms with Gasteiger partial charge in [0, 0.05) is 25.0 Å². The number of unbranched alkanes of at least 4 members (excludes halogenated alkanes) is 15. The standard InChI is InChI=1S/C25H46N2/c1-3-4-5-6-7-8-9-10-11-12-13-14-15-16-17-18-22-27(2)25-21-19-20-24(26)23-25/h19-21,23H,3-18,22,26H2,1-2H3. The van der Waals surface area contributed by atoms with Crippen LogP contribution < -0.4 is 10.6 Å². The van der Waals surface area contributed by atoms with Crippen LogP contribution in [0.4, 0.5) is 11.4 Å². The second kappa shape index (κ2) is 17.0. The molecule has 27 heavy (non-hydrogen) atoms. The Labute approximate surface area is 169 Å². The van der Waals surface area contributed by atoms with Crippen LogP contribution in [0.2, 0.25) is 0 Å². The first-order valence-electron chi connectivity index (χ1n) is 11.8. The van der Waals surface area contributed by atoms with E-state index in [1.807, 2.05) is 12.1 Å². The second-order valence-corrected chi connectivity index (χ2v) is 8.32. The Hall–Kier alpha value is -1.18. The first-order valence-corrected chi connectivity index (χ1v) is 11.8. The van der Waals surface area contributed by atoms with Gasteiger partial charge in [0.05, 0.1) is 0 Å². The van der Waals surface area contributed by atoms with Crippen molar-refractivity contribution in [2.45, 2.75) is 110 Å². The van der Waals surface area contributed by atoms with E-state index in [0.717, 1.165) is 12.2 Å². The smallest absolute Gasteiger partial charge is 0.0384 e. The van der Waals surface area contributed by atoms with E-state index < -0.39 is 0 Å². The van der Waals surface area contributed by atoms with Crippen LogP contribution in [0.15, 0.2) is 24.3 Å². The van der Waals surface area contributed by atoms with E-state index in [2.05, 4.69) is 31.0 Å². The van der Waals surface area contributed by atoms with Gasteiger partial charge in [0.2, 0.25) is 0 Å². The van der Waals surface area contributed by atoms with E-state index in [4.69, 9.17) is 5.73 Å². The number of nitrogens with two attached hydrogens (primary N) is 1. The van der Waals surface area contributed by atoms with E-state index in [1.165, 1.54) is 108 Å². The average molecular weight is 375 g/mol. The van der Waals surface area contributed by atoms with E-state index >= 15 is 0 Å². The molecule has 1 aromatic carbocycles. The number of rotatable bonds is 18. The molecule has 0 atom stereocenters. The SMILES string of the molecule is CCCCCCCCCCCCCCCCCCN(C)c1cccc(N)c1. The van der Waals surface area contributed by atoms with E-state index in [0.29, 0.717) is 0 Å². The summed E-state index contributed by atoms with van der Waals surface area (Å²) in [5, 5.41) is 0. The minimum absolute atomic E-state index is 0.853. The molecule has 0 saturated carbocycles. The van der Waals surface area contributed by atoms with Crippen LogP contribution >= 0.6 is 0 Å². The summed E-state index contributed by atoms with van der Waals surface area (Å²) in [6.45, 7) is 3.42. The van der Waals surface area contributed by atoms with Gasteiger partial charge in [-0.1, -0.05) is 109 Å². The van der Waals surface area contributed by atoms with E-state index in [-0.39, 0.29) is 0 Å². The van der Waals surface area contributed by atoms with Crippen molar-refractivity contribution in [3.8, 4) is 0 Å². The molecule has 1 aromatic rings. The van der Waals surface area contributed by atoms with Gasteiger partial charge in [-0.3, -0.25) is 0 Å². The van der Waals surface area contributed by atoms with E-state index in [9.17, 15) is 0 Å². The number of nitrogens with zero attached hydrogens (tertiary/aromatic N) is 1. The van der Waals surface area contributed by atoms with Crippen LogP contribution in [0.1, 0.15) is 110 Å². The lowest BCUT2D eigenvalue weighted by Gasteiger charge is -2.19. The molecule has 0 radical (unpaired) electrons. The Morgan fingerprint density at radius 2 is 1.11 bits per heavy atom. The zero-order valence-electron chi connectivity index (χ0n) is 18.4. The van der Waals surface area contributed by atoms with Gasteiger partial charge in [-0.2, -0.15) is 0 Å². The van der Waals surface area contributed by atoms with Crippen molar-refractivity contribution < 1.29 is 0 Å². The van der Waals surface area contributed by atoms with Gasteiger partial charge in [-0.25, -0.2) is 0 Å². The third-order valence-corrected chi connectivity index (χ3v) is 5.66. The molecule has 0 aromatic heterocycles. The van der Waals surface area contributed by atoms with Crippen molar-refractivity contribution in [1.29, 1.82) is 0 Å². The molecule has 0 heterocycles. The molecule has 0 bridgehead atoms. The summed E-state index contributed by atoms with van der Waals surface area (Å²) < 4.78 is 0. The van der Waals surface area contributed by atoms with Crippen molar-refractivity contribution in [2.75, 3.05) is 24.2 Å². The summed E-state index contributed by atoms with van der Waals surface area (Å²) in [6.07, 6.45) is 22.8. The minimum atomic E-state index is 0.853. The lowest BCUT2D eigenvalue weighted by atomic mass is 10.0. The highest BCUT2D eigenvalue weighted by Crippen LogP contribution is 2.17. The minimum Gasteiger partial charge on any atom is -0.399 e. The van der Waals surface area contributed by atoms with Gasteiger partial charge in [0.25, 0.3) is 0 Å². The van der Waals surface area contributed by atoms with Crippen LogP contribution in [0, 0.1) is 0 Å². The second-order valence-electron chi connectivity index (χ2n) is 8.32. The Morgan fingerprint density at radius 3 is 1.56 bits per heavy atom. The van der Waals surface area contributed by atoms with Crippen LogP contribution in [-0.2, 0) is 0 Å². The predicted octanol–water partition coefficient (Wildman–Crippen LogP) is 7.97. The summed E-state index contributed by atoms with van der Waals surface area (Å²) in [6, 6.07) is 8.19. The number of benzene rings is 1. The summed E-state index contributed by atoms with van der Waals surface area (Å²) in [7, 11) is 2.17. The maximum absolute atomic E-state index is 5.86. The highest BCUT2D eigenvalue weighted by Gasteiger charge is 2.01. The van der Waals surface area contributed by atoms with Gasteiger partial charge >= 0.3 is 0 Å². The van der Waals surface area contributed by atoms with Gasteiger partial charge in [0.1, 0.15) is 0 Å². The quantitative estimate of drug-likeness (QED) is 0.208. The van der Waals surface area contributed by atoms with Crippen LogP contribution in [-0.4, -0.2) is 13.6 Å². The molecule has 0 aliphatic rings. The molecule has 0 amide bonds. The van der Waals surface area contributed by atoms with Crippen molar-refractivity contribution in [3.63, 3.8) is 0 Å². The number of anilines is 2. The molecule has 1 rings (SSSR count). The maximum atomic E-state index is 5.86. The third-order valence-electron chi connectivity index (χ3n) is 5.66. The molecule has 0 fully saturated rings. The predicted molar refractivity (Wildman–Crippen MR) is 124 cm³/mol. The fraction of sp³-hybridized carbons (Fsp3) is 0.760. The largest absolute Gasteiger partial charge is 0.399 e. The van der Waals surface area contributed by atoms with Crippen LogP contribution in [0.25, 0.3) is 0 Å². The zero-order valence-corrected chi connectivity index (χ0v) is 18.4. The summed E-state index contributed by atoms with van der Waals surface area (Å²) in [5.41, 5.74) is 7.95. The van der Waals surface area contributed by atoms with Gasteiger partial charge < -0.3 is 10.6 Å². The first kappa shape index (κ1) is 23.9. The lowest BCUT2D eigenvalue weighted by Crippen LogP contribution is -2.18. The number of hydrogen-bond acceptors (Lipinski definition) is 2. The zero-order chi connectivity index (χ0) is 19.6. The Balaban J connectivity index is 1.80. The lowest BCUT2D eigenvalue weighted by molar-refractivity contribution is 0.529. The molecule has 0 unspecified atom stereocenters. The van der Waals surface area contributed by atoms with Crippen molar-refractivity contribution in [2.24, 2.45) is 0 Å². The molecule has 0 aliphatic carbocycles. The molecule has 0 aliphatic heterocycles. The Morgan fingerprint density at radius 1 is 0.667 bits per heavy atom. The van der Waals surface area contributed by atoms with Crippen LogP contribution in [0.3, 0.4) is 0 Å². The van der Waals surface area contributed by atoms with Gasteiger partial charge in [-0.15, -0.1) is 0 Å². The molecule has 156 valence electrons. The van der Waals surface area contributed by atoms with Crippen molar-refractivity contribution >= 4 is 11.4 Å². The normalized spacial score (nSPS) is 11.0. The Kier molecular flexibility index (Phi) is 15.0. The fourth-order valence-electron chi connectivity index (χ4n) is 3.79. The third kappa shape index (κ3) is 13.6. The molecule has 0 saturated heterocycles. The molecule has 2 N–H and O–H groups in total. The Bertz CT molecular complexity index is 444. The topological polar surface area (TPSA) is 29.3 Å². The molecule has 0 spiro atoms. The number of nitrogen functional groups attached to an aromatic ring is 1. The van der Waals surface area contributed by atoms with Crippen LogP contribution in [0.5, 0.6) is 0 Å². The molecular weight excluding hydrogens is 328 g/mol. The van der Waals surface area contributed by atoms with Gasteiger partial charge in [0.15, 0.2) is 0 Å². The molecule has 2 heteroatoms. The monoisotopic (exact) mass is 374 g/mol. The molecule has 2 nitrogen and oxygen atoms in total. The highest BCUT2D eigenvalue weighted by molar-refractivity contribution is 5.55. The number of hydrogen-bond donors (Lipinski definition) is 1. The summed E-state index contributed by atoms with van der Waals surface area (Å²) in [4.78, 5) is 2.32. The fourth-order valence-corrected chi connectivity index (χ4v) is 3.79. The highest BCUT2D eigenvalue weighted by atomic mass is 15.1. The molecular formula is C25H46N2. The first-order chi connectivity index (χ1) is 13.2. The summed E-state index contributed by atoms with van der Waals surface area (Å²) in [5.74, 6) is 0. The van der Waals surface area contributed by atoms with Crippen molar-refractivity contribution in [3.05, 3.63) is 24.3 Å². The average Bonchev–Trinajstić information content (AvgIpc) is 2.67. The van der Waals surface area contributed by atoms with E-state index in [1.54, 1.807) is 0 Å². The van der Waals surface area contributed by atoms with Gasteiger partial charge in [-0.05, 0) is 24.6 Å². The van der Waals surface area contributed by atoms with Crippen molar-refractivity contribution in [1.82, 2.24) is 0 Å². The maximum Gasteiger partial charge on any atom is 0.0384 e. The summed E-state index contributed by atoms with van der Waals surface area (Å²) >= 11 is 0.